The minimum absolute atomic E-state index is 0.322. The zero-order chi connectivity index (χ0) is 15.5. The average Bonchev–Trinajstić information content (AvgIpc) is 2.45. The first kappa shape index (κ1) is 16.4. The van der Waals surface area contributed by atoms with Gasteiger partial charge in [0.1, 0.15) is 11.6 Å². The van der Waals surface area contributed by atoms with Gasteiger partial charge in [-0.3, -0.25) is 0 Å². The van der Waals surface area contributed by atoms with Crippen LogP contribution in [0.1, 0.15) is 51.2 Å². The number of likely N-dealkylation sites (tertiary alicyclic amines) is 1. The summed E-state index contributed by atoms with van der Waals surface area (Å²) in [7, 11) is 0. The number of rotatable bonds is 5. The molecule has 1 atom stereocenters. The normalized spacial score (nSPS) is 20.4. The zero-order valence-electron chi connectivity index (χ0n) is 12.9. The summed E-state index contributed by atoms with van der Waals surface area (Å²) in [5.74, 6) is -1.28. The number of halogens is 2. The Morgan fingerprint density at radius 3 is 2.29 bits per heavy atom. The van der Waals surface area contributed by atoms with E-state index in [4.69, 9.17) is 0 Å². The molecule has 1 aliphatic rings. The summed E-state index contributed by atoms with van der Waals surface area (Å²) in [6.45, 7) is 7.40. The molecule has 1 unspecified atom stereocenters. The van der Waals surface area contributed by atoms with Crippen molar-refractivity contribution in [1.29, 1.82) is 0 Å². The summed E-state index contributed by atoms with van der Waals surface area (Å²) in [4.78, 5) is 2.33. The highest BCUT2D eigenvalue weighted by atomic mass is 19.1. The molecule has 1 aliphatic heterocycles. The topological polar surface area (TPSA) is 23.5 Å². The number of aliphatic hydroxyl groups excluding tert-OH is 1. The van der Waals surface area contributed by atoms with Gasteiger partial charge in [0.25, 0.3) is 0 Å². The molecule has 4 heteroatoms. The summed E-state index contributed by atoms with van der Waals surface area (Å²) >= 11 is 0. The highest BCUT2D eigenvalue weighted by Gasteiger charge is 2.28. The third-order valence-corrected chi connectivity index (χ3v) is 4.91. The van der Waals surface area contributed by atoms with Gasteiger partial charge in [-0.15, -0.1) is 0 Å². The number of nitrogens with zero attached hydrogens (tertiary/aromatic N) is 1. The quantitative estimate of drug-likeness (QED) is 0.891. The maximum absolute atomic E-state index is 13.1. The maximum atomic E-state index is 13.1. The molecule has 2 rings (SSSR count). The molecule has 0 saturated carbocycles. The molecule has 1 aromatic rings. The zero-order valence-corrected chi connectivity index (χ0v) is 12.9. The summed E-state index contributed by atoms with van der Waals surface area (Å²) < 4.78 is 26.3. The lowest BCUT2D eigenvalue weighted by Gasteiger charge is -2.39. The fraction of sp³-hybridized carbons (Fsp3) is 0.647. The van der Waals surface area contributed by atoms with E-state index in [9.17, 15) is 13.9 Å². The predicted molar refractivity (Wildman–Crippen MR) is 80.0 cm³/mol. The largest absolute Gasteiger partial charge is 0.388 e. The molecule has 0 spiro atoms. The molecule has 1 fully saturated rings. The number of benzene rings is 1. The standard InChI is InChI=1S/C17H25F2NO/c1-3-17(2)5-8-20(9-6-17)7-4-16(21)13-10-14(18)12-15(19)11-13/h10-12,16,21H,3-9H2,1-2H3. The van der Waals surface area contributed by atoms with Crippen molar-refractivity contribution < 1.29 is 13.9 Å². The monoisotopic (exact) mass is 297 g/mol. The van der Waals surface area contributed by atoms with E-state index in [-0.39, 0.29) is 0 Å². The molecule has 1 heterocycles. The van der Waals surface area contributed by atoms with Crippen LogP contribution >= 0.6 is 0 Å². The lowest BCUT2D eigenvalue weighted by atomic mass is 9.78. The molecule has 0 aromatic heterocycles. The van der Waals surface area contributed by atoms with Crippen molar-refractivity contribution in [3.05, 3.63) is 35.4 Å². The number of piperidine rings is 1. The van der Waals surface area contributed by atoms with Crippen LogP contribution in [0.15, 0.2) is 18.2 Å². The second-order valence-corrected chi connectivity index (χ2v) is 6.51. The Balaban J connectivity index is 1.83. The summed E-state index contributed by atoms with van der Waals surface area (Å²) in [5.41, 5.74) is 0.767. The van der Waals surface area contributed by atoms with Gasteiger partial charge in [0.05, 0.1) is 6.10 Å². The molecule has 21 heavy (non-hydrogen) atoms. The van der Waals surface area contributed by atoms with E-state index < -0.39 is 17.7 Å². The molecule has 2 nitrogen and oxygen atoms in total. The molecule has 1 aromatic carbocycles. The molecule has 0 radical (unpaired) electrons. The van der Waals surface area contributed by atoms with E-state index in [2.05, 4.69) is 18.7 Å². The maximum Gasteiger partial charge on any atom is 0.126 e. The average molecular weight is 297 g/mol. The van der Waals surface area contributed by atoms with Crippen LogP contribution in [-0.2, 0) is 0 Å². The van der Waals surface area contributed by atoms with Crippen LogP contribution < -0.4 is 0 Å². The van der Waals surface area contributed by atoms with Gasteiger partial charge in [-0.1, -0.05) is 20.3 Å². The van der Waals surface area contributed by atoms with Gasteiger partial charge in [0.15, 0.2) is 0 Å². The van der Waals surface area contributed by atoms with Crippen LogP contribution in [-0.4, -0.2) is 29.6 Å². The Hall–Kier alpha value is -1.00. The van der Waals surface area contributed by atoms with Crippen LogP contribution in [0.4, 0.5) is 8.78 Å². The Morgan fingerprint density at radius 2 is 1.76 bits per heavy atom. The van der Waals surface area contributed by atoms with Crippen LogP contribution in [0.3, 0.4) is 0 Å². The molecule has 118 valence electrons. The molecular weight excluding hydrogens is 272 g/mol. The Morgan fingerprint density at radius 1 is 1.19 bits per heavy atom. The minimum atomic E-state index is -0.810. The number of aliphatic hydroxyl groups is 1. The first-order valence-electron chi connectivity index (χ1n) is 7.78. The molecule has 0 bridgehead atoms. The third-order valence-electron chi connectivity index (χ3n) is 4.91. The van der Waals surface area contributed by atoms with Crippen molar-refractivity contribution in [2.24, 2.45) is 5.41 Å². The smallest absolute Gasteiger partial charge is 0.126 e. The van der Waals surface area contributed by atoms with E-state index in [1.807, 2.05) is 0 Å². The number of hydrogen-bond acceptors (Lipinski definition) is 2. The van der Waals surface area contributed by atoms with E-state index in [1.165, 1.54) is 31.4 Å². The molecule has 1 saturated heterocycles. The first-order chi connectivity index (χ1) is 9.92. The third kappa shape index (κ3) is 4.48. The van der Waals surface area contributed by atoms with Crippen molar-refractivity contribution in [3.8, 4) is 0 Å². The highest BCUT2D eigenvalue weighted by Crippen LogP contribution is 2.34. The van der Waals surface area contributed by atoms with Crippen LogP contribution in [0, 0.1) is 17.0 Å². The Kier molecular flexibility index (Phi) is 5.33. The summed E-state index contributed by atoms with van der Waals surface area (Å²) in [5, 5.41) is 10.1. The lowest BCUT2D eigenvalue weighted by Crippen LogP contribution is -2.39. The van der Waals surface area contributed by atoms with E-state index in [1.54, 1.807) is 0 Å². The molecule has 0 aliphatic carbocycles. The fourth-order valence-electron chi connectivity index (χ4n) is 2.91. The van der Waals surface area contributed by atoms with Gasteiger partial charge < -0.3 is 10.0 Å². The summed E-state index contributed by atoms with van der Waals surface area (Å²) in [6.07, 6.45) is 3.25. The summed E-state index contributed by atoms with van der Waals surface area (Å²) in [6, 6.07) is 3.24. The van der Waals surface area contributed by atoms with Crippen molar-refractivity contribution in [2.75, 3.05) is 19.6 Å². The van der Waals surface area contributed by atoms with Gasteiger partial charge in [-0.2, -0.15) is 0 Å². The second-order valence-electron chi connectivity index (χ2n) is 6.51. The predicted octanol–water partition coefficient (Wildman–Crippen LogP) is 3.90. The van der Waals surface area contributed by atoms with Crippen molar-refractivity contribution in [3.63, 3.8) is 0 Å². The van der Waals surface area contributed by atoms with Crippen LogP contribution in [0.25, 0.3) is 0 Å². The molecular formula is C17H25F2NO. The van der Waals surface area contributed by atoms with Crippen LogP contribution in [0.2, 0.25) is 0 Å². The SMILES string of the molecule is CCC1(C)CCN(CCC(O)c2cc(F)cc(F)c2)CC1. The first-order valence-corrected chi connectivity index (χ1v) is 7.78. The van der Waals surface area contributed by atoms with Gasteiger partial charge in [0, 0.05) is 12.6 Å². The van der Waals surface area contributed by atoms with Crippen molar-refractivity contribution >= 4 is 0 Å². The second kappa shape index (κ2) is 6.84. The lowest BCUT2D eigenvalue weighted by molar-refractivity contribution is 0.0908. The highest BCUT2D eigenvalue weighted by molar-refractivity contribution is 5.20. The molecule has 1 N–H and O–H groups in total. The van der Waals surface area contributed by atoms with Gasteiger partial charge in [-0.05, 0) is 55.5 Å². The number of hydrogen-bond donors (Lipinski definition) is 1. The Labute approximate surface area is 125 Å². The van der Waals surface area contributed by atoms with Crippen molar-refractivity contribution in [2.45, 2.75) is 45.6 Å². The Bertz CT molecular complexity index is 450. The van der Waals surface area contributed by atoms with Gasteiger partial charge >= 0.3 is 0 Å². The van der Waals surface area contributed by atoms with Crippen molar-refractivity contribution in [1.82, 2.24) is 4.90 Å². The molecule has 0 amide bonds. The van der Waals surface area contributed by atoms with E-state index in [0.29, 0.717) is 17.4 Å². The van der Waals surface area contributed by atoms with Gasteiger partial charge in [-0.25, -0.2) is 8.78 Å². The van der Waals surface area contributed by atoms with Crippen LogP contribution in [0.5, 0.6) is 0 Å². The fourth-order valence-corrected chi connectivity index (χ4v) is 2.91. The van der Waals surface area contributed by atoms with Gasteiger partial charge in [0.2, 0.25) is 0 Å². The van der Waals surface area contributed by atoms with E-state index >= 15 is 0 Å². The minimum Gasteiger partial charge on any atom is -0.388 e. The van der Waals surface area contributed by atoms with E-state index in [0.717, 1.165) is 25.7 Å².